The van der Waals surface area contributed by atoms with E-state index in [-0.39, 0.29) is 6.03 Å². The number of hydrogen-bond donors (Lipinski definition) is 1. The normalized spacial score (nSPS) is 25.6. The fourth-order valence-electron chi connectivity index (χ4n) is 5.85. The van der Waals surface area contributed by atoms with Crippen LogP contribution in [0, 0.1) is 5.92 Å². The van der Waals surface area contributed by atoms with E-state index in [0.29, 0.717) is 43.4 Å². The third-order valence-corrected chi connectivity index (χ3v) is 10.9. The van der Waals surface area contributed by atoms with Gasteiger partial charge in [-0.05, 0) is 44.4 Å². The Morgan fingerprint density at radius 2 is 1.61 bits per heavy atom. The van der Waals surface area contributed by atoms with Crippen molar-refractivity contribution >= 4 is 32.7 Å². The lowest BCUT2D eigenvalue weighted by molar-refractivity contribution is 0.116. The number of nitrogens with zero attached hydrogens (tertiary/aromatic N) is 5. The summed E-state index contributed by atoms with van der Waals surface area (Å²) in [5.41, 5.74) is 0. The average Bonchev–Trinajstić information content (AvgIpc) is 3.11. The van der Waals surface area contributed by atoms with E-state index in [9.17, 15) is 13.2 Å². The third-order valence-electron chi connectivity index (χ3n) is 8.10. The highest BCUT2D eigenvalue weighted by atomic mass is 32.2. The predicted molar refractivity (Wildman–Crippen MR) is 145 cm³/mol. The van der Waals surface area contributed by atoms with E-state index in [1.54, 1.807) is 14.1 Å². The quantitative estimate of drug-likeness (QED) is 0.524. The van der Waals surface area contributed by atoms with Crippen LogP contribution in [0.3, 0.4) is 0 Å². The van der Waals surface area contributed by atoms with Crippen LogP contribution in [-0.4, -0.2) is 90.2 Å². The minimum Gasteiger partial charge on any atom is -0.319 e. The van der Waals surface area contributed by atoms with Crippen molar-refractivity contribution in [3.63, 3.8) is 0 Å². The smallest absolute Gasteiger partial charge is 0.319 e. The van der Waals surface area contributed by atoms with Crippen LogP contribution in [-0.2, 0) is 16.8 Å². The van der Waals surface area contributed by atoms with Gasteiger partial charge in [0.1, 0.15) is 0 Å². The molecule has 2 amide bonds. The summed E-state index contributed by atoms with van der Waals surface area (Å²) >= 11 is 1.53. The van der Waals surface area contributed by atoms with Crippen molar-refractivity contribution in [3.8, 4) is 0 Å². The molecule has 0 bridgehead atoms. The molecule has 0 spiro atoms. The van der Waals surface area contributed by atoms with Gasteiger partial charge < -0.3 is 4.90 Å². The summed E-state index contributed by atoms with van der Waals surface area (Å²) in [5.74, 6) is 0.756. The van der Waals surface area contributed by atoms with Gasteiger partial charge in [-0.25, -0.2) is 9.78 Å². The highest BCUT2D eigenvalue weighted by Gasteiger charge is 2.34. The number of nitrogens with one attached hydrogen (secondary N) is 1. The number of urea groups is 1. The second-order valence-corrected chi connectivity index (χ2v) is 14.3. The molecule has 3 aliphatic rings. The lowest BCUT2D eigenvalue weighted by Crippen LogP contribution is -2.51. The number of amides is 2. The van der Waals surface area contributed by atoms with Crippen molar-refractivity contribution in [2.24, 2.45) is 5.92 Å². The summed E-state index contributed by atoms with van der Waals surface area (Å²) < 4.78 is 27.5. The van der Waals surface area contributed by atoms with Crippen LogP contribution in [0.25, 0.3) is 0 Å². The number of thiazole rings is 1. The number of carbonyl (C=O) groups is 1. The molecular weight excluding hydrogens is 496 g/mol. The summed E-state index contributed by atoms with van der Waals surface area (Å²) in [6.45, 7) is 5.38. The molecule has 4 rings (SSSR count). The van der Waals surface area contributed by atoms with E-state index in [2.05, 4.69) is 27.0 Å². The van der Waals surface area contributed by atoms with Crippen LogP contribution in [0.5, 0.6) is 0 Å². The first-order chi connectivity index (χ1) is 17.2. The summed E-state index contributed by atoms with van der Waals surface area (Å²) in [6.07, 6.45) is 13.6. The maximum absolute atomic E-state index is 13.6. The molecule has 11 heteroatoms. The molecule has 1 aromatic rings. The number of anilines is 1. The van der Waals surface area contributed by atoms with Crippen LogP contribution in [0.15, 0.2) is 6.20 Å². The predicted octanol–water partition coefficient (Wildman–Crippen LogP) is 4.20. The topological polar surface area (TPSA) is 89.1 Å². The molecule has 2 saturated carbocycles. The Morgan fingerprint density at radius 3 is 2.22 bits per heavy atom. The Bertz CT molecular complexity index is 945. The molecule has 1 aliphatic heterocycles. The van der Waals surface area contributed by atoms with Crippen molar-refractivity contribution in [1.82, 2.24) is 23.4 Å². The molecule has 2 aliphatic carbocycles. The van der Waals surface area contributed by atoms with E-state index in [1.165, 1.54) is 58.5 Å². The van der Waals surface area contributed by atoms with Crippen LogP contribution < -0.4 is 5.32 Å². The van der Waals surface area contributed by atoms with Crippen molar-refractivity contribution in [3.05, 3.63) is 11.1 Å². The number of carbonyl (C=O) groups excluding carboxylic acids is 1. The molecule has 2 heterocycles. The van der Waals surface area contributed by atoms with Gasteiger partial charge >= 0.3 is 6.03 Å². The Hall–Kier alpha value is -1.27. The molecule has 0 atom stereocenters. The molecule has 0 unspecified atom stereocenters. The Kier molecular flexibility index (Phi) is 9.65. The molecule has 36 heavy (non-hydrogen) atoms. The van der Waals surface area contributed by atoms with Gasteiger partial charge in [-0.3, -0.25) is 10.2 Å². The van der Waals surface area contributed by atoms with E-state index < -0.39 is 10.2 Å². The zero-order chi connectivity index (χ0) is 25.7. The lowest BCUT2D eigenvalue weighted by atomic mass is 9.85. The van der Waals surface area contributed by atoms with Gasteiger partial charge in [0.25, 0.3) is 10.2 Å². The minimum atomic E-state index is -3.36. The number of aromatic nitrogens is 1. The first-order valence-corrected chi connectivity index (χ1v) is 15.9. The number of rotatable bonds is 7. The zero-order valence-electron chi connectivity index (χ0n) is 22.2. The lowest BCUT2D eigenvalue weighted by Gasteiger charge is -2.40. The fourth-order valence-corrected chi connectivity index (χ4v) is 7.78. The van der Waals surface area contributed by atoms with Gasteiger partial charge in [-0.1, -0.05) is 32.6 Å². The minimum absolute atomic E-state index is 0.0184. The fraction of sp³-hybridized carbons (Fsp3) is 0.840. The van der Waals surface area contributed by atoms with Crippen molar-refractivity contribution < 1.29 is 13.2 Å². The summed E-state index contributed by atoms with van der Waals surface area (Å²) in [6, 6.07) is 0.684. The van der Waals surface area contributed by atoms with Gasteiger partial charge in [0.2, 0.25) is 0 Å². The van der Waals surface area contributed by atoms with Crippen molar-refractivity contribution in [2.45, 2.75) is 89.8 Å². The summed E-state index contributed by atoms with van der Waals surface area (Å²) in [4.78, 5) is 23.7. The monoisotopic (exact) mass is 540 g/mol. The highest BCUT2D eigenvalue weighted by molar-refractivity contribution is 7.86. The Morgan fingerprint density at radius 1 is 1.00 bits per heavy atom. The van der Waals surface area contributed by atoms with E-state index in [4.69, 9.17) is 0 Å². The maximum Gasteiger partial charge on any atom is 0.324 e. The van der Waals surface area contributed by atoms with Crippen LogP contribution >= 0.6 is 11.3 Å². The first-order valence-electron chi connectivity index (χ1n) is 13.7. The van der Waals surface area contributed by atoms with E-state index in [1.807, 2.05) is 6.20 Å². The molecular formula is C25H44N6O3S2. The van der Waals surface area contributed by atoms with E-state index >= 15 is 0 Å². The standard InChI is InChI=1S/C25H44N6O3S2/c1-20-10-12-22(13-11-20)31(21-8-6-4-5-7-9-21)25(32)27-24-26-18-23(35-24)19-29-14-16-30(17-15-29)36(33,34)28(2)3/h18,20-22H,4-17,19H2,1-3H3,(H,26,27,32). The molecule has 0 radical (unpaired) electrons. The van der Waals surface area contributed by atoms with Gasteiger partial charge in [-0.15, -0.1) is 11.3 Å². The second-order valence-electron chi connectivity index (χ2n) is 11.0. The summed E-state index contributed by atoms with van der Waals surface area (Å²) in [5, 5.41) is 3.81. The molecule has 3 fully saturated rings. The molecule has 0 aromatic carbocycles. The highest BCUT2D eigenvalue weighted by Crippen LogP contribution is 2.33. The van der Waals surface area contributed by atoms with Crippen LogP contribution in [0.2, 0.25) is 0 Å². The maximum atomic E-state index is 13.6. The van der Waals surface area contributed by atoms with Gasteiger partial charge in [0.15, 0.2) is 5.13 Å². The van der Waals surface area contributed by atoms with Crippen LogP contribution in [0.4, 0.5) is 9.93 Å². The van der Waals surface area contributed by atoms with Crippen LogP contribution in [0.1, 0.15) is 76.0 Å². The molecule has 204 valence electrons. The third kappa shape index (κ3) is 6.98. The number of piperazine rings is 1. The summed E-state index contributed by atoms with van der Waals surface area (Å²) in [7, 11) is -0.220. The van der Waals surface area contributed by atoms with Gasteiger partial charge in [0.05, 0.1) is 0 Å². The van der Waals surface area contributed by atoms with Gasteiger partial charge in [0, 0.05) is 70.0 Å². The Labute approximate surface area is 221 Å². The van der Waals surface area contributed by atoms with E-state index in [0.717, 1.165) is 43.0 Å². The van der Waals surface area contributed by atoms with Crippen molar-refractivity contribution in [2.75, 3.05) is 45.6 Å². The SMILES string of the molecule is CC1CCC(N(C(=O)Nc2ncc(CN3CCN(S(=O)(=O)N(C)C)CC3)s2)C2CCCCCC2)CC1. The first kappa shape index (κ1) is 27.8. The number of hydrogen-bond acceptors (Lipinski definition) is 6. The zero-order valence-corrected chi connectivity index (χ0v) is 23.8. The second kappa shape index (κ2) is 12.5. The largest absolute Gasteiger partial charge is 0.324 e. The van der Waals surface area contributed by atoms with Crippen molar-refractivity contribution in [1.29, 1.82) is 0 Å². The molecule has 1 N–H and O–H groups in total. The molecule has 1 saturated heterocycles. The Balaban J connectivity index is 1.35. The average molecular weight is 541 g/mol. The molecule has 1 aromatic heterocycles. The van der Waals surface area contributed by atoms with Gasteiger partial charge in [-0.2, -0.15) is 17.0 Å². The molecule has 9 nitrogen and oxygen atoms in total.